The van der Waals surface area contributed by atoms with Crippen molar-refractivity contribution in [2.24, 2.45) is 7.05 Å². The lowest BCUT2D eigenvalue weighted by atomic mass is 10.2. The molecule has 0 aliphatic carbocycles. The standard InChI is InChI=1S/C20H26N2O5S/c1-3-13-26-16-7-9-17(10-8-16)27-20(23)19-14-18(15-21(19)2)28(24,25)22-11-5-4-6-12-22/h7-10,14-15H,3-6,11-13H2,1-2H3. The van der Waals surface area contributed by atoms with Crippen LogP contribution < -0.4 is 9.47 Å². The lowest BCUT2D eigenvalue weighted by Crippen LogP contribution is -2.35. The molecule has 0 atom stereocenters. The zero-order valence-electron chi connectivity index (χ0n) is 16.3. The summed E-state index contributed by atoms with van der Waals surface area (Å²) in [6, 6.07) is 8.14. The molecular weight excluding hydrogens is 380 g/mol. The molecule has 0 saturated carbocycles. The van der Waals surface area contributed by atoms with Crippen molar-refractivity contribution in [1.29, 1.82) is 0 Å². The minimum Gasteiger partial charge on any atom is -0.494 e. The van der Waals surface area contributed by atoms with Crippen LogP contribution >= 0.6 is 0 Å². The van der Waals surface area contributed by atoms with Crippen LogP contribution in [-0.4, -0.2) is 43.0 Å². The minimum atomic E-state index is -3.60. The van der Waals surface area contributed by atoms with E-state index in [1.54, 1.807) is 31.3 Å². The van der Waals surface area contributed by atoms with Crippen LogP contribution in [0.5, 0.6) is 11.5 Å². The Balaban J connectivity index is 1.72. The Hall–Kier alpha value is -2.32. The molecular formula is C20H26N2O5S. The van der Waals surface area contributed by atoms with Gasteiger partial charge in [0.2, 0.25) is 10.0 Å². The number of esters is 1. The molecule has 0 radical (unpaired) electrons. The number of ether oxygens (including phenoxy) is 2. The van der Waals surface area contributed by atoms with Crippen molar-refractivity contribution in [2.45, 2.75) is 37.5 Å². The second kappa shape index (κ2) is 8.79. The molecule has 1 aromatic heterocycles. The van der Waals surface area contributed by atoms with Crippen molar-refractivity contribution in [2.75, 3.05) is 19.7 Å². The van der Waals surface area contributed by atoms with Crippen molar-refractivity contribution in [1.82, 2.24) is 8.87 Å². The Bertz CT molecular complexity index is 913. The zero-order chi connectivity index (χ0) is 20.1. The van der Waals surface area contributed by atoms with Crippen LogP contribution in [0.15, 0.2) is 41.4 Å². The maximum atomic E-state index is 12.8. The number of carbonyl (C=O) groups excluding carboxylic acids is 1. The first-order chi connectivity index (χ1) is 13.4. The molecule has 1 aliphatic rings. The molecule has 1 aromatic carbocycles. The van der Waals surface area contributed by atoms with Crippen LogP contribution in [0.4, 0.5) is 0 Å². The van der Waals surface area contributed by atoms with Crippen LogP contribution in [0, 0.1) is 0 Å². The summed E-state index contributed by atoms with van der Waals surface area (Å²) < 4.78 is 39.5. The van der Waals surface area contributed by atoms with Gasteiger partial charge in [0.25, 0.3) is 0 Å². The van der Waals surface area contributed by atoms with Crippen LogP contribution in [0.25, 0.3) is 0 Å². The van der Waals surface area contributed by atoms with Gasteiger partial charge in [0.15, 0.2) is 0 Å². The van der Waals surface area contributed by atoms with Gasteiger partial charge in [-0.25, -0.2) is 13.2 Å². The smallest absolute Gasteiger partial charge is 0.360 e. The molecule has 2 aromatic rings. The number of hydrogen-bond donors (Lipinski definition) is 0. The molecule has 7 nitrogen and oxygen atoms in total. The van der Waals surface area contributed by atoms with Gasteiger partial charge in [-0.05, 0) is 49.6 Å². The van der Waals surface area contributed by atoms with E-state index in [2.05, 4.69) is 0 Å². The number of rotatable bonds is 7. The van der Waals surface area contributed by atoms with Crippen molar-refractivity contribution in [3.63, 3.8) is 0 Å². The summed E-state index contributed by atoms with van der Waals surface area (Å²) in [5.74, 6) is 0.468. The Morgan fingerprint density at radius 3 is 2.36 bits per heavy atom. The van der Waals surface area contributed by atoms with Crippen molar-refractivity contribution < 1.29 is 22.7 Å². The van der Waals surface area contributed by atoms with Gasteiger partial charge in [0.1, 0.15) is 22.1 Å². The Kier molecular flexibility index (Phi) is 6.41. The Morgan fingerprint density at radius 1 is 1.07 bits per heavy atom. The summed E-state index contributed by atoms with van der Waals surface area (Å²) in [5.41, 5.74) is 0.182. The van der Waals surface area contributed by atoms with Crippen molar-refractivity contribution in [3.8, 4) is 11.5 Å². The predicted molar refractivity (Wildman–Crippen MR) is 105 cm³/mol. The highest BCUT2D eigenvalue weighted by Gasteiger charge is 2.28. The first-order valence-electron chi connectivity index (χ1n) is 9.53. The average Bonchev–Trinajstić information content (AvgIpc) is 3.11. The van der Waals surface area contributed by atoms with Gasteiger partial charge in [0.05, 0.1) is 6.61 Å². The van der Waals surface area contributed by atoms with E-state index in [1.807, 2.05) is 6.92 Å². The van der Waals surface area contributed by atoms with Gasteiger partial charge >= 0.3 is 5.97 Å². The number of aryl methyl sites for hydroxylation is 1. The van der Waals surface area contributed by atoms with E-state index in [0.29, 0.717) is 31.2 Å². The normalized spacial score (nSPS) is 15.4. The van der Waals surface area contributed by atoms with Gasteiger partial charge in [-0.1, -0.05) is 13.3 Å². The van der Waals surface area contributed by atoms with E-state index >= 15 is 0 Å². The molecule has 0 spiro atoms. The van der Waals surface area contributed by atoms with E-state index in [0.717, 1.165) is 25.7 Å². The van der Waals surface area contributed by atoms with Gasteiger partial charge < -0.3 is 14.0 Å². The molecule has 0 amide bonds. The van der Waals surface area contributed by atoms with E-state index in [-0.39, 0.29) is 10.6 Å². The van der Waals surface area contributed by atoms with Crippen LogP contribution in [0.2, 0.25) is 0 Å². The quantitative estimate of drug-likeness (QED) is 0.521. The molecule has 152 valence electrons. The van der Waals surface area contributed by atoms with Crippen LogP contribution in [-0.2, 0) is 17.1 Å². The maximum absolute atomic E-state index is 12.8. The third-order valence-corrected chi connectivity index (χ3v) is 6.51. The average molecular weight is 407 g/mol. The first-order valence-corrected chi connectivity index (χ1v) is 11.0. The molecule has 0 unspecified atom stereocenters. The zero-order valence-corrected chi connectivity index (χ0v) is 17.1. The number of piperidine rings is 1. The SMILES string of the molecule is CCCOc1ccc(OC(=O)c2cc(S(=O)(=O)N3CCCCC3)cn2C)cc1. The Labute approximate surface area is 165 Å². The number of hydrogen-bond acceptors (Lipinski definition) is 5. The maximum Gasteiger partial charge on any atom is 0.360 e. The monoisotopic (exact) mass is 406 g/mol. The highest BCUT2D eigenvalue weighted by molar-refractivity contribution is 7.89. The minimum absolute atomic E-state index is 0.118. The highest BCUT2D eigenvalue weighted by Crippen LogP contribution is 2.24. The topological polar surface area (TPSA) is 77.8 Å². The van der Waals surface area contributed by atoms with Crippen molar-refractivity contribution >= 4 is 16.0 Å². The van der Waals surface area contributed by atoms with Gasteiger partial charge in [-0.15, -0.1) is 0 Å². The molecule has 1 saturated heterocycles. The number of nitrogens with zero attached hydrogens (tertiary/aromatic N) is 2. The highest BCUT2D eigenvalue weighted by atomic mass is 32.2. The summed E-state index contributed by atoms with van der Waals surface area (Å²) in [6.45, 7) is 3.68. The van der Waals surface area contributed by atoms with Gasteiger partial charge in [0, 0.05) is 26.3 Å². The fourth-order valence-electron chi connectivity index (χ4n) is 3.12. The summed E-state index contributed by atoms with van der Waals surface area (Å²) in [7, 11) is -1.96. The number of benzene rings is 1. The molecule has 0 N–H and O–H groups in total. The molecule has 28 heavy (non-hydrogen) atoms. The number of aromatic nitrogens is 1. The Morgan fingerprint density at radius 2 is 1.71 bits per heavy atom. The largest absolute Gasteiger partial charge is 0.494 e. The molecule has 1 fully saturated rings. The van der Waals surface area contributed by atoms with E-state index in [4.69, 9.17) is 9.47 Å². The summed E-state index contributed by atoms with van der Waals surface area (Å²) >= 11 is 0. The van der Waals surface area contributed by atoms with E-state index < -0.39 is 16.0 Å². The molecule has 0 bridgehead atoms. The van der Waals surface area contributed by atoms with Crippen molar-refractivity contribution in [3.05, 3.63) is 42.2 Å². The summed E-state index contributed by atoms with van der Waals surface area (Å²) in [4.78, 5) is 12.6. The number of sulfonamides is 1. The second-order valence-corrected chi connectivity index (χ2v) is 8.78. The van der Waals surface area contributed by atoms with Crippen LogP contribution in [0.1, 0.15) is 43.1 Å². The van der Waals surface area contributed by atoms with E-state index in [1.165, 1.54) is 21.1 Å². The fourth-order valence-corrected chi connectivity index (χ4v) is 4.70. The molecule has 8 heteroatoms. The van der Waals surface area contributed by atoms with E-state index in [9.17, 15) is 13.2 Å². The summed E-state index contributed by atoms with van der Waals surface area (Å²) in [5, 5.41) is 0. The lowest BCUT2D eigenvalue weighted by Gasteiger charge is -2.25. The molecule has 1 aliphatic heterocycles. The summed E-state index contributed by atoms with van der Waals surface area (Å²) in [6.07, 6.45) is 5.13. The lowest BCUT2D eigenvalue weighted by molar-refractivity contribution is 0.0724. The third-order valence-electron chi connectivity index (χ3n) is 4.65. The molecule has 3 rings (SSSR count). The van der Waals surface area contributed by atoms with Crippen LogP contribution in [0.3, 0.4) is 0 Å². The van der Waals surface area contributed by atoms with Gasteiger partial charge in [-0.3, -0.25) is 0 Å². The predicted octanol–water partition coefficient (Wildman–Crippen LogP) is 3.21. The second-order valence-electron chi connectivity index (χ2n) is 6.85. The fraction of sp³-hybridized carbons (Fsp3) is 0.450. The van der Waals surface area contributed by atoms with Gasteiger partial charge in [-0.2, -0.15) is 4.31 Å². The molecule has 2 heterocycles. The third kappa shape index (κ3) is 4.56. The number of carbonyl (C=O) groups is 1. The first kappa shape index (κ1) is 20.4.